The van der Waals surface area contributed by atoms with Gasteiger partial charge in [0.2, 0.25) is 0 Å². The first-order chi connectivity index (χ1) is 6.19. The van der Waals surface area contributed by atoms with E-state index in [1.165, 1.54) is 13.1 Å². The van der Waals surface area contributed by atoms with Crippen molar-refractivity contribution in [1.82, 2.24) is 4.90 Å². The Labute approximate surface area is 81.5 Å². The molecular weight excluding hydrogens is 160 g/mol. The summed E-state index contributed by atoms with van der Waals surface area (Å²) in [6, 6.07) is 2.78. The molecule has 13 heavy (non-hydrogen) atoms. The molecule has 1 fully saturated rings. The Bertz CT molecular complexity index is 185. The number of rotatable bonds is 3. The molecule has 0 bridgehead atoms. The summed E-state index contributed by atoms with van der Waals surface area (Å²) in [5, 5.41) is 8.68. The lowest BCUT2D eigenvalue weighted by molar-refractivity contribution is 0.229. The highest BCUT2D eigenvalue weighted by Gasteiger charge is 2.29. The number of hydrogen-bond acceptors (Lipinski definition) is 2. The van der Waals surface area contributed by atoms with Gasteiger partial charge in [-0.2, -0.15) is 5.26 Å². The third kappa shape index (κ3) is 2.45. The van der Waals surface area contributed by atoms with Crippen molar-refractivity contribution >= 4 is 0 Å². The first-order valence-electron chi connectivity index (χ1n) is 5.30. The summed E-state index contributed by atoms with van der Waals surface area (Å²) in [6.45, 7) is 9.16. The minimum absolute atomic E-state index is 0.498. The number of nitriles is 1. The van der Waals surface area contributed by atoms with Gasteiger partial charge in [-0.3, -0.25) is 4.90 Å². The zero-order chi connectivity index (χ0) is 9.84. The average molecular weight is 180 g/mol. The minimum Gasteiger partial charge on any atom is -0.299 e. The van der Waals surface area contributed by atoms with Crippen molar-refractivity contribution in [3.63, 3.8) is 0 Å². The molecule has 2 nitrogen and oxygen atoms in total. The summed E-state index contributed by atoms with van der Waals surface area (Å²) in [4.78, 5) is 2.48. The van der Waals surface area contributed by atoms with Gasteiger partial charge in [-0.25, -0.2) is 0 Å². The van der Waals surface area contributed by atoms with Gasteiger partial charge in [0.1, 0.15) is 0 Å². The fraction of sp³-hybridized carbons (Fsp3) is 0.909. The average Bonchev–Trinajstić information content (AvgIpc) is 2.43. The summed E-state index contributed by atoms with van der Waals surface area (Å²) < 4.78 is 0. The van der Waals surface area contributed by atoms with Crippen molar-refractivity contribution in [2.45, 2.75) is 39.7 Å². The Morgan fingerprint density at radius 3 is 2.31 bits per heavy atom. The predicted molar refractivity (Wildman–Crippen MR) is 54.2 cm³/mol. The van der Waals surface area contributed by atoms with Gasteiger partial charge in [0.25, 0.3) is 0 Å². The molecule has 3 unspecified atom stereocenters. The highest BCUT2D eigenvalue weighted by molar-refractivity contribution is 4.87. The van der Waals surface area contributed by atoms with Crippen LogP contribution in [0, 0.1) is 23.2 Å². The SMILES string of the molecule is CCC(CC#N)N1CC(C)C(C)C1. The van der Waals surface area contributed by atoms with Gasteiger partial charge >= 0.3 is 0 Å². The Balaban J connectivity index is 2.48. The lowest BCUT2D eigenvalue weighted by atomic mass is 10.0. The summed E-state index contributed by atoms with van der Waals surface area (Å²) in [7, 11) is 0. The molecule has 0 aromatic heterocycles. The van der Waals surface area contributed by atoms with Crippen LogP contribution in [0.25, 0.3) is 0 Å². The standard InChI is InChI=1S/C11H20N2/c1-4-11(5-6-12)13-7-9(2)10(3)8-13/h9-11H,4-5,7-8H2,1-3H3. The molecular formula is C11H20N2. The van der Waals surface area contributed by atoms with Crippen LogP contribution in [0.2, 0.25) is 0 Å². The van der Waals surface area contributed by atoms with Gasteiger partial charge in [0.15, 0.2) is 0 Å². The van der Waals surface area contributed by atoms with E-state index >= 15 is 0 Å². The number of hydrogen-bond donors (Lipinski definition) is 0. The van der Waals surface area contributed by atoms with Crippen LogP contribution in [0.3, 0.4) is 0 Å². The van der Waals surface area contributed by atoms with Crippen molar-refractivity contribution in [2.75, 3.05) is 13.1 Å². The molecule has 74 valence electrons. The molecule has 0 saturated carbocycles. The van der Waals surface area contributed by atoms with Crippen LogP contribution in [0.4, 0.5) is 0 Å². The van der Waals surface area contributed by atoms with Gasteiger partial charge in [-0.1, -0.05) is 20.8 Å². The summed E-state index contributed by atoms with van der Waals surface area (Å²) in [6.07, 6.45) is 1.79. The summed E-state index contributed by atoms with van der Waals surface area (Å²) >= 11 is 0. The maximum atomic E-state index is 8.68. The Morgan fingerprint density at radius 1 is 1.38 bits per heavy atom. The molecule has 2 heteroatoms. The molecule has 1 saturated heterocycles. The van der Waals surface area contributed by atoms with Gasteiger partial charge in [-0.15, -0.1) is 0 Å². The van der Waals surface area contributed by atoms with Crippen molar-refractivity contribution in [3.05, 3.63) is 0 Å². The molecule has 3 atom stereocenters. The van der Waals surface area contributed by atoms with Gasteiger partial charge < -0.3 is 0 Å². The van der Waals surface area contributed by atoms with Gasteiger partial charge in [-0.05, 0) is 18.3 Å². The second-order valence-corrected chi connectivity index (χ2v) is 4.33. The largest absolute Gasteiger partial charge is 0.299 e. The molecule has 1 heterocycles. The minimum atomic E-state index is 0.498. The molecule has 1 aliphatic rings. The first kappa shape index (κ1) is 10.5. The van der Waals surface area contributed by atoms with E-state index in [1.54, 1.807) is 0 Å². The summed E-state index contributed by atoms with van der Waals surface area (Å²) in [5.74, 6) is 1.60. The molecule has 0 aromatic rings. The zero-order valence-electron chi connectivity index (χ0n) is 8.95. The third-order valence-corrected chi connectivity index (χ3v) is 3.33. The molecule has 0 aromatic carbocycles. The molecule has 0 amide bonds. The smallest absolute Gasteiger partial charge is 0.0638 e. The van der Waals surface area contributed by atoms with Crippen molar-refractivity contribution in [2.24, 2.45) is 11.8 Å². The maximum Gasteiger partial charge on any atom is 0.0638 e. The molecule has 0 radical (unpaired) electrons. The topological polar surface area (TPSA) is 27.0 Å². The van der Waals surface area contributed by atoms with E-state index in [9.17, 15) is 0 Å². The van der Waals surface area contributed by atoms with Crippen molar-refractivity contribution < 1.29 is 0 Å². The van der Waals surface area contributed by atoms with Crippen LogP contribution >= 0.6 is 0 Å². The molecule has 1 aliphatic heterocycles. The number of nitrogens with zero attached hydrogens (tertiary/aromatic N) is 2. The normalized spacial score (nSPS) is 31.5. The molecule has 0 aliphatic carbocycles. The van der Waals surface area contributed by atoms with E-state index in [4.69, 9.17) is 5.26 Å². The van der Waals surface area contributed by atoms with Crippen molar-refractivity contribution in [3.8, 4) is 6.07 Å². The molecule has 0 spiro atoms. The monoisotopic (exact) mass is 180 g/mol. The van der Waals surface area contributed by atoms with Gasteiger partial charge in [0, 0.05) is 19.1 Å². The third-order valence-electron chi connectivity index (χ3n) is 3.33. The van der Waals surface area contributed by atoms with E-state index in [1.807, 2.05) is 0 Å². The van der Waals surface area contributed by atoms with E-state index < -0.39 is 0 Å². The van der Waals surface area contributed by atoms with E-state index in [0.717, 1.165) is 18.3 Å². The highest BCUT2D eigenvalue weighted by Crippen LogP contribution is 2.25. The number of likely N-dealkylation sites (tertiary alicyclic amines) is 1. The fourth-order valence-electron chi connectivity index (χ4n) is 2.11. The highest BCUT2D eigenvalue weighted by atomic mass is 15.2. The van der Waals surface area contributed by atoms with Crippen LogP contribution in [0.5, 0.6) is 0 Å². The van der Waals surface area contributed by atoms with Crippen LogP contribution in [0.1, 0.15) is 33.6 Å². The predicted octanol–water partition coefficient (Wildman–Crippen LogP) is 2.27. The van der Waals surface area contributed by atoms with Crippen LogP contribution in [0.15, 0.2) is 0 Å². The van der Waals surface area contributed by atoms with Crippen LogP contribution in [-0.4, -0.2) is 24.0 Å². The van der Waals surface area contributed by atoms with Crippen LogP contribution < -0.4 is 0 Å². The van der Waals surface area contributed by atoms with E-state index in [2.05, 4.69) is 31.7 Å². The maximum absolute atomic E-state index is 8.68. The lowest BCUT2D eigenvalue weighted by Gasteiger charge is -2.24. The zero-order valence-corrected chi connectivity index (χ0v) is 8.95. The van der Waals surface area contributed by atoms with E-state index in [-0.39, 0.29) is 0 Å². The van der Waals surface area contributed by atoms with Crippen LogP contribution in [-0.2, 0) is 0 Å². The molecule has 0 N–H and O–H groups in total. The fourth-order valence-corrected chi connectivity index (χ4v) is 2.11. The van der Waals surface area contributed by atoms with E-state index in [0.29, 0.717) is 12.5 Å². The lowest BCUT2D eigenvalue weighted by Crippen LogP contribution is -2.32. The Morgan fingerprint density at radius 2 is 1.92 bits per heavy atom. The first-order valence-corrected chi connectivity index (χ1v) is 5.30. The Hall–Kier alpha value is -0.550. The summed E-state index contributed by atoms with van der Waals surface area (Å²) in [5.41, 5.74) is 0. The second-order valence-electron chi connectivity index (χ2n) is 4.33. The van der Waals surface area contributed by atoms with Crippen molar-refractivity contribution in [1.29, 1.82) is 5.26 Å². The quantitative estimate of drug-likeness (QED) is 0.666. The second kappa shape index (κ2) is 4.62. The molecule has 1 rings (SSSR count). The van der Waals surface area contributed by atoms with Gasteiger partial charge in [0.05, 0.1) is 12.5 Å². The Kier molecular flexibility index (Phi) is 3.74.